The van der Waals surface area contributed by atoms with Crippen LogP contribution >= 0.6 is 0 Å². The highest BCUT2D eigenvalue weighted by atomic mass is 16.5. The van der Waals surface area contributed by atoms with Gasteiger partial charge in [0.1, 0.15) is 0 Å². The lowest BCUT2D eigenvalue weighted by molar-refractivity contribution is -0.116. The maximum Gasteiger partial charge on any atom is 0.251 e. The van der Waals surface area contributed by atoms with E-state index in [1.54, 1.807) is 0 Å². The molecule has 0 aromatic heterocycles. The van der Waals surface area contributed by atoms with Crippen LogP contribution in [0, 0.1) is 5.92 Å². The molecule has 3 aliphatic rings. The molecule has 2 aliphatic heterocycles. The van der Waals surface area contributed by atoms with Gasteiger partial charge in [-0.1, -0.05) is 44.2 Å². The summed E-state index contributed by atoms with van der Waals surface area (Å²) in [6.07, 6.45) is 10.2. The Balaban J connectivity index is 1.43. The SMILES string of the molecule is CCC(CC)NC(=O)C1=CC2(CCN(CCC3CCOCC3)CC2)c2ccccc21. The zero-order valence-corrected chi connectivity index (χ0v) is 18.8. The van der Waals surface area contributed by atoms with Crippen molar-refractivity contribution in [2.24, 2.45) is 5.92 Å². The highest BCUT2D eigenvalue weighted by molar-refractivity contribution is 6.21. The Hall–Kier alpha value is -1.65. The van der Waals surface area contributed by atoms with Crippen LogP contribution in [0.25, 0.3) is 5.57 Å². The number of allylic oxidation sites excluding steroid dienone is 1. The molecule has 4 heteroatoms. The fourth-order valence-electron chi connectivity index (χ4n) is 5.52. The first-order valence-corrected chi connectivity index (χ1v) is 12.1. The van der Waals surface area contributed by atoms with Gasteiger partial charge in [0.2, 0.25) is 0 Å². The van der Waals surface area contributed by atoms with E-state index in [2.05, 4.69) is 54.4 Å². The zero-order chi connectivity index (χ0) is 21.0. The second kappa shape index (κ2) is 9.65. The summed E-state index contributed by atoms with van der Waals surface area (Å²) in [6, 6.07) is 8.85. The first kappa shape index (κ1) is 21.6. The van der Waals surface area contributed by atoms with Crippen molar-refractivity contribution in [3.8, 4) is 0 Å². The number of nitrogens with zero attached hydrogens (tertiary/aromatic N) is 1. The molecular weight excluding hydrogens is 372 g/mol. The molecule has 1 spiro atoms. The summed E-state index contributed by atoms with van der Waals surface area (Å²) in [5.74, 6) is 0.942. The number of piperidine rings is 1. The fraction of sp³-hybridized carbons (Fsp3) is 0.654. The molecule has 0 saturated carbocycles. The highest BCUT2D eigenvalue weighted by Crippen LogP contribution is 2.47. The predicted molar refractivity (Wildman–Crippen MR) is 122 cm³/mol. The molecule has 2 heterocycles. The Kier molecular flexibility index (Phi) is 6.94. The Morgan fingerprint density at radius 2 is 1.87 bits per heavy atom. The van der Waals surface area contributed by atoms with Gasteiger partial charge in [0.25, 0.3) is 5.91 Å². The van der Waals surface area contributed by atoms with E-state index in [-0.39, 0.29) is 17.4 Å². The molecule has 4 rings (SSSR count). The Morgan fingerprint density at radius 1 is 1.17 bits per heavy atom. The highest BCUT2D eigenvalue weighted by Gasteiger charge is 2.42. The second-order valence-corrected chi connectivity index (χ2v) is 9.43. The third-order valence-electron chi connectivity index (χ3n) is 7.68. The van der Waals surface area contributed by atoms with E-state index in [4.69, 9.17) is 4.74 Å². The lowest BCUT2D eigenvalue weighted by Crippen LogP contribution is -2.42. The second-order valence-electron chi connectivity index (χ2n) is 9.43. The van der Waals surface area contributed by atoms with Gasteiger partial charge in [0.05, 0.1) is 0 Å². The van der Waals surface area contributed by atoms with Crippen molar-refractivity contribution >= 4 is 11.5 Å². The molecule has 1 amide bonds. The topological polar surface area (TPSA) is 41.6 Å². The van der Waals surface area contributed by atoms with Gasteiger partial charge in [-0.15, -0.1) is 0 Å². The average molecular weight is 411 g/mol. The molecule has 30 heavy (non-hydrogen) atoms. The van der Waals surface area contributed by atoms with E-state index in [1.807, 2.05) is 0 Å². The van der Waals surface area contributed by atoms with Crippen LogP contribution in [0.15, 0.2) is 30.3 Å². The van der Waals surface area contributed by atoms with E-state index in [0.717, 1.165) is 69.0 Å². The van der Waals surface area contributed by atoms with Crippen molar-refractivity contribution in [3.63, 3.8) is 0 Å². The van der Waals surface area contributed by atoms with Crippen molar-refractivity contribution in [1.29, 1.82) is 0 Å². The molecule has 1 aromatic rings. The van der Waals surface area contributed by atoms with Gasteiger partial charge in [-0.2, -0.15) is 0 Å². The molecule has 0 bridgehead atoms. The van der Waals surface area contributed by atoms with E-state index in [9.17, 15) is 4.79 Å². The van der Waals surface area contributed by atoms with Gasteiger partial charge in [0, 0.05) is 30.2 Å². The van der Waals surface area contributed by atoms with Crippen molar-refractivity contribution in [2.45, 2.75) is 70.3 Å². The number of benzene rings is 1. The summed E-state index contributed by atoms with van der Waals surface area (Å²) < 4.78 is 5.50. The molecule has 0 atom stereocenters. The van der Waals surface area contributed by atoms with Crippen LogP contribution in [-0.2, 0) is 14.9 Å². The number of likely N-dealkylation sites (tertiary alicyclic amines) is 1. The van der Waals surface area contributed by atoms with Gasteiger partial charge in [0.15, 0.2) is 0 Å². The van der Waals surface area contributed by atoms with E-state index >= 15 is 0 Å². The van der Waals surface area contributed by atoms with Crippen molar-refractivity contribution < 1.29 is 9.53 Å². The summed E-state index contributed by atoms with van der Waals surface area (Å²) in [5.41, 5.74) is 3.44. The van der Waals surface area contributed by atoms with Crippen LogP contribution in [0.4, 0.5) is 0 Å². The van der Waals surface area contributed by atoms with Gasteiger partial charge < -0.3 is 15.0 Å². The largest absolute Gasteiger partial charge is 0.381 e. The molecule has 164 valence electrons. The van der Waals surface area contributed by atoms with Crippen molar-refractivity contribution in [3.05, 3.63) is 41.5 Å². The maximum absolute atomic E-state index is 13.1. The molecule has 1 aromatic carbocycles. The lowest BCUT2D eigenvalue weighted by atomic mass is 9.74. The Bertz CT molecular complexity index is 754. The van der Waals surface area contributed by atoms with Crippen LogP contribution < -0.4 is 5.32 Å². The third kappa shape index (κ3) is 4.50. The van der Waals surface area contributed by atoms with E-state index < -0.39 is 0 Å². The first-order chi connectivity index (χ1) is 14.6. The molecule has 1 N–H and O–H groups in total. The smallest absolute Gasteiger partial charge is 0.251 e. The summed E-state index contributed by atoms with van der Waals surface area (Å²) >= 11 is 0. The van der Waals surface area contributed by atoms with E-state index in [0.29, 0.717) is 0 Å². The molecule has 2 fully saturated rings. The third-order valence-corrected chi connectivity index (χ3v) is 7.68. The van der Waals surface area contributed by atoms with Gasteiger partial charge >= 0.3 is 0 Å². The molecule has 2 saturated heterocycles. The minimum absolute atomic E-state index is 0.0341. The number of rotatable bonds is 7. The van der Waals surface area contributed by atoms with Crippen LogP contribution in [0.1, 0.15) is 69.9 Å². The summed E-state index contributed by atoms with van der Waals surface area (Å²) in [5, 5.41) is 3.26. The molecule has 4 nitrogen and oxygen atoms in total. The number of hydrogen-bond acceptors (Lipinski definition) is 3. The molecular formula is C26H38N2O2. The quantitative estimate of drug-likeness (QED) is 0.718. The molecule has 0 radical (unpaired) electrons. The normalized spacial score (nSPS) is 21.6. The number of nitrogens with one attached hydrogen (secondary N) is 1. The molecule has 1 aliphatic carbocycles. The standard InChI is InChI=1S/C26H38N2O2/c1-3-21(4-2)27-25(29)23-19-26(24-8-6-5-7-22(23)24)12-15-28(16-13-26)14-9-20-10-17-30-18-11-20/h5-8,19-21H,3-4,9-18H2,1-2H3,(H,27,29). The van der Waals surface area contributed by atoms with Crippen LogP contribution in [-0.4, -0.2) is 49.7 Å². The summed E-state index contributed by atoms with van der Waals surface area (Å²) in [7, 11) is 0. The number of ether oxygens (including phenoxy) is 1. The first-order valence-electron chi connectivity index (χ1n) is 12.1. The zero-order valence-electron chi connectivity index (χ0n) is 18.8. The Morgan fingerprint density at radius 3 is 2.57 bits per heavy atom. The van der Waals surface area contributed by atoms with Crippen LogP contribution in [0.3, 0.4) is 0 Å². The number of amides is 1. The van der Waals surface area contributed by atoms with Crippen LogP contribution in [0.5, 0.6) is 0 Å². The van der Waals surface area contributed by atoms with Gasteiger partial charge in [-0.3, -0.25) is 4.79 Å². The number of carbonyl (C=O) groups is 1. The van der Waals surface area contributed by atoms with Crippen LogP contribution in [0.2, 0.25) is 0 Å². The summed E-state index contributed by atoms with van der Waals surface area (Å²) in [4.78, 5) is 15.7. The number of hydrogen-bond donors (Lipinski definition) is 1. The van der Waals surface area contributed by atoms with Gasteiger partial charge in [-0.25, -0.2) is 0 Å². The lowest BCUT2D eigenvalue weighted by Gasteiger charge is -2.39. The number of carbonyl (C=O) groups excluding carboxylic acids is 1. The minimum atomic E-state index is 0.0341. The van der Waals surface area contributed by atoms with Crippen molar-refractivity contribution in [1.82, 2.24) is 10.2 Å². The predicted octanol–water partition coefficient (Wildman–Crippen LogP) is 4.54. The van der Waals surface area contributed by atoms with Gasteiger partial charge in [-0.05, 0) is 81.6 Å². The average Bonchev–Trinajstić information content (AvgIpc) is 3.12. The maximum atomic E-state index is 13.1. The molecule has 0 unspecified atom stereocenters. The van der Waals surface area contributed by atoms with Crippen molar-refractivity contribution in [2.75, 3.05) is 32.8 Å². The van der Waals surface area contributed by atoms with E-state index in [1.165, 1.54) is 31.4 Å². The Labute approximate surface area is 182 Å². The minimum Gasteiger partial charge on any atom is -0.381 e. The monoisotopic (exact) mass is 410 g/mol. The summed E-state index contributed by atoms with van der Waals surface area (Å²) in [6.45, 7) is 9.61. The number of fused-ring (bicyclic) bond motifs is 2. The fourth-order valence-corrected chi connectivity index (χ4v) is 5.52.